The van der Waals surface area contributed by atoms with Gasteiger partial charge in [0.1, 0.15) is 5.82 Å². The SMILES string of the molecule is CC(C)CS(=O)(=O)Nc1ccc(S(=O)(=O)Cl)cc1F. The van der Waals surface area contributed by atoms with E-state index in [1.807, 2.05) is 0 Å². The van der Waals surface area contributed by atoms with E-state index in [2.05, 4.69) is 4.72 Å². The molecule has 0 aromatic heterocycles. The number of sulfonamides is 1. The minimum atomic E-state index is -4.05. The van der Waals surface area contributed by atoms with Gasteiger partial charge in [-0.3, -0.25) is 4.72 Å². The van der Waals surface area contributed by atoms with Gasteiger partial charge in [0.25, 0.3) is 9.05 Å². The first kappa shape index (κ1) is 16.2. The summed E-state index contributed by atoms with van der Waals surface area (Å²) >= 11 is 0. The average molecular weight is 330 g/mol. The van der Waals surface area contributed by atoms with E-state index >= 15 is 0 Å². The molecule has 1 rings (SSSR count). The van der Waals surface area contributed by atoms with Crippen LogP contribution >= 0.6 is 10.7 Å². The van der Waals surface area contributed by atoms with Crippen LogP contribution in [0.3, 0.4) is 0 Å². The lowest BCUT2D eigenvalue weighted by molar-refractivity contribution is 0.585. The van der Waals surface area contributed by atoms with Crippen molar-refractivity contribution in [1.29, 1.82) is 0 Å². The molecule has 0 spiro atoms. The van der Waals surface area contributed by atoms with Crippen LogP contribution in [0.25, 0.3) is 0 Å². The summed E-state index contributed by atoms with van der Waals surface area (Å²) in [6, 6.07) is 2.71. The first-order valence-electron chi connectivity index (χ1n) is 5.26. The molecule has 1 aromatic carbocycles. The minimum Gasteiger partial charge on any atom is -0.281 e. The first-order valence-corrected chi connectivity index (χ1v) is 9.22. The molecule has 0 fully saturated rings. The van der Waals surface area contributed by atoms with Gasteiger partial charge in [-0.05, 0) is 24.1 Å². The molecule has 19 heavy (non-hydrogen) atoms. The highest BCUT2D eigenvalue weighted by Gasteiger charge is 2.17. The molecule has 0 atom stereocenters. The number of nitrogens with one attached hydrogen (secondary N) is 1. The van der Waals surface area contributed by atoms with Gasteiger partial charge in [-0.15, -0.1) is 0 Å². The van der Waals surface area contributed by atoms with Gasteiger partial charge >= 0.3 is 0 Å². The maximum Gasteiger partial charge on any atom is 0.261 e. The van der Waals surface area contributed by atoms with Crippen LogP contribution in [0.5, 0.6) is 0 Å². The molecule has 0 bridgehead atoms. The molecule has 0 unspecified atom stereocenters. The number of hydrogen-bond acceptors (Lipinski definition) is 4. The van der Waals surface area contributed by atoms with Crippen LogP contribution in [0.2, 0.25) is 0 Å². The third-order valence-corrected chi connectivity index (χ3v) is 5.03. The van der Waals surface area contributed by atoms with Crippen molar-refractivity contribution in [2.45, 2.75) is 18.7 Å². The van der Waals surface area contributed by atoms with Crippen molar-refractivity contribution in [2.24, 2.45) is 5.92 Å². The van der Waals surface area contributed by atoms with E-state index in [1.165, 1.54) is 0 Å². The summed E-state index contributed by atoms with van der Waals surface area (Å²) in [5.74, 6) is -1.29. The highest BCUT2D eigenvalue weighted by atomic mass is 35.7. The molecular formula is C10H13ClFNO4S2. The molecule has 0 aliphatic heterocycles. The number of benzene rings is 1. The van der Waals surface area contributed by atoms with Crippen LogP contribution in [-0.2, 0) is 19.1 Å². The molecule has 108 valence electrons. The quantitative estimate of drug-likeness (QED) is 0.839. The summed E-state index contributed by atoms with van der Waals surface area (Å²) < 4.78 is 60.9. The summed E-state index contributed by atoms with van der Waals surface area (Å²) in [5, 5.41) is 0. The van der Waals surface area contributed by atoms with Crippen molar-refractivity contribution < 1.29 is 21.2 Å². The van der Waals surface area contributed by atoms with Crippen molar-refractivity contribution in [3.63, 3.8) is 0 Å². The van der Waals surface area contributed by atoms with Gasteiger partial charge in [0.15, 0.2) is 0 Å². The highest BCUT2D eigenvalue weighted by molar-refractivity contribution is 8.13. The van der Waals surface area contributed by atoms with Gasteiger partial charge in [-0.1, -0.05) is 13.8 Å². The second-order valence-corrected chi connectivity index (χ2v) is 8.69. The lowest BCUT2D eigenvalue weighted by Crippen LogP contribution is -2.20. The first-order chi connectivity index (χ1) is 8.51. The highest BCUT2D eigenvalue weighted by Crippen LogP contribution is 2.22. The summed E-state index contributed by atoms with van der Waals surface area (Å²) in [7, 11) is -2.68. The standard InChI is InChI=1S/C10H13ClFNO4S2/c1-7(2)6-18(14,15)13-10-4-3-8(5-9(10)12)19(11,16)17/h3-5,7,13H,6H2,1-2H3. The van der Waals surface area contributed by atoms with Crippen LogP contribution < -0.4 is 4.72 Å². The predicted octanol–water partition coefficient (Wildman–Crippen LogP) is 2.15. The fourth-order valence-electron chi connectivity index (χ4n) is 1.38. The zero-order valence-electron chi connectivity index (χ0n) is 10.2. The zero-order chi connectivity index (χ0) is 14.8. The van der Waals surface area contributed by atoms with Gasteiger partial charge in [0, 0.05) is 10.7 Å². The molecule has 0 heterocycles. The normalized spacial score (nSPS) is 12.7. The summed E-state index contributed by atoms with van der Waals surface area (Å²) in [4.78, 5) is -0.432. The fourth-order valence-corrected chi connectivity index (χ4v) is 3.60. The Labute approximate surface area is 116 Å². The molecule has 0 saturated carbocycles. The van der Waals surface area contributed by atoms with Gasteiger partial charge in [-0.2, -0.15) is 0 Å². The molecular weight excluding hydrogens is 317 g/mol. The topological polar surface area (TPSA) is 80.3 Å². The zero-order valence-corrected chi connectivity index (χ0v) is 12.6. The number of rotatable bonds is 5. The largest absolute Gasteiger partial charge is 0.281 e. The van der Waals surface area contributed by atoms with E-state index in [0.717, 1.165) is 12.1 Å². The van der Waals surface area contributed by atoms with E-state index in [0.29, 0.717) is 6.07 Å². The second kappa shape index (κ2) is 5.64. The van der Waals surface area contributed by atoms with E-state index < -0.39 is 29.8 Å². The number of hydrogen-bond donors (Lipinski definition) is 1. The van der Waals surface area contributed by atoms with E-state index in [-0.39, 0.29) is 17.4 Å². The van der Waals surface area contributed by atoms with Crippen molar-refractivity contribution in [2.75, 3.05) is 10.5 Å². The molecule has 1 aromatic rings. The predicted molar refractivity (Wildman–Crippen MR) is 71.7 cm³/mol. The van der Waals surface area contributed by atoms with E-state index in [9.17, 15) is 21.2 Å². The summed E-state index contributed by atoms with van der Waals surface area (Å²) in [6.07, 6.45) is 0. The Bertz CT molecular complexity index is 671. The smallest absolute Gasteiger partial charge is 0.261 e. The lowest BCUT2D eigenvalue weighted by Gasteiger charge is -2.11. The lowest BCUT2D eigenvalue weighted by atomic mass is 10.3. The minimum absolute atomic E-state index is 0.122. The maximum atomic E-state index is 13.6. The summed E-state index contributed by atoms with van der Waals surface area (Å²) in [5.41, 5.74) is -0.315. The maximum absolute atomic E-state index is 13.6. The van der Waals surface area contributed by atoms with Crippen molar-refractivity contribution >= 4 is 35.4 Å². The van der Waals surface area contributed by atoms with Gasteiger partial charge in [-0.25, -0.2) is 21.2 Å². The monoisotopic (exact) mass is 329 g/mol. The van der Waals surface area contributed by atoms with E-state index in [4.69, 9.17) is 10.7 Å². The fraction of sp³-hybridized carbons (Fsp3) is 0.400. The Hall–Kier alpha value is -0.860. The van der Waals surface area contributed by atoms with Crippen LogP contribution in [0.15, 0.2) is 23.1 Å². The van der Waals surface area contributed by atoms with Crippen LogP contribution in [0.4, 0.5) is 10.1 Å². The molecule has 0 amide bonds. The molecule has 5 nitrogen and oxygen atoms in total. The Morgan fingerprint density at radius 3 is 2.26 bits per heavy atom. The van der Waals surface area contributed by atoms with Crippen molar-refractivity contribution in [3.05, 3.63) is 24.0 Å². The van der Waals surface area contributed by atoms with Crippen LogP contribution in [0.1, 0.15) is 13.8 Å². The third-order valence-electron chi connectivity index (χ3n) is 2.04. The molecule has 1 N–H and O–H groups in total. The van der Waals surface area contributed by atoms with Crippen molar-refractivity contribution in [1.82, 2.24) is 0 Å². The number of halogens is 2. The molecule has 0 radical (unpaired) electrons. The van der Waals surface area contributed by atoms with Crippen LogP contribution in [-0.4, -0.2) is 22.6 Å². The Morgan fingerprint density at radius 2 is 1.84 bits per heavy atom. The number of anilines is 1. The van der Waals surface area contributed by atoms with Crippen LogP contribution in [0, 0.1) is 11.7 Å². The van der Waals surface area contributed by atoms with Gasteiger partial charge in [0.2, 0.25) is 10.0 Å². The molecule has 9 heteroatoms. The molecule has 0 saturated heterocycles. The Balaban J connectivity index is 3.06. The average Bonchev–Trinajstić information content (AvgIpc) is 2.16. The van der Waals surface area contributed by atoms with E-state index in [1.54, 1.807) is 13.8 Å². The second-order valence-electron chi connectivity index (χ2n) is 4.36. The van der Waals surface area contributed by atoms with Crippen molar-refractivity contribution in [3.8, 4) is 0 Å². The Morgan fingerprint density at radius 1 is 1.26 bits per heavy atom. The third kappa shape index (κ3) is 4.96. The van der Waals surface area contributed by atoms with Gasteiger partial charge in [0.05, 0.1) is 16.3 Å². The molecule has 0 aliphatic carbocycles. The summed E-state index contributed by atoms with van der Waals surface area (Å²) in [6.45, 7) is 3.41. The van der Waals surface area contributed by atoms with Gasteiger partial charge < -0.3 is 0 Å². The molecule has 0 aliphatic rings. The Kier molecular flexibility index (Phi) is 4.81.